The molecule has 3 heteroatoms. The minimum Gasteiger partial charge on any atom is -0.398 e. The molecule has 0 aliphatic rings. The third-order valence-electron chi connectivity index (χ3n) is 2.35. The Morgan fingerprint density at radius 1 is 1.25 bits per heavy atom. The van der Waals surface area contributed by atoms with Gasteiger partial charge in [0.15, 0.2) is 0 Å². The van der Waals surface area contributed by atoms with Gasteiger partial charge in [-0.1, -0.05) is 29.9 Å². The summed E-state index contributed by atoms with van der Waals surface area (Å²) < 4.78 is 0. The molecule has 0 aliphatic carbocycles. The summed E-state index contributed by atoms with van der Waals surface area (Å²) in [6.07, 6.45) is 1.73. The first kappa shape index (κ1) is 10.8. The molecular weight excluding hydrogens is 216 g/mol. The summed E-state index contributed by atoms with van der Waals surface area (Å²) in [6, 6.07) is 11.5. The second-order valence-electron chi connectivity index (χ2n) is 3.63. The van der Waals surface area contributed by atoms with Gasteiger partial charge in [-0.15, -0.1) is 0 Å². The van der Waals surface area contributed by atoms with Crippen molar-refractivity contribution < 1.29 is 0 Å². The summed E-state index contributed by atoms with van der Waals surface area (Å²) in [5.74, 6) is 0. The molecule has 0 bridgehead atoms. The molecule has 0 unspecified atom stereocenters. The third kappa shape index (κ3) is 2.09. The van der Waals surface area contributed by atoms with Gasteiger partial charge in [-0.3, -0.25) is 4.98 Å². The topological polar surface area (TPSA) is 38.9 Å². The first-order valence-corrected chi connectivity index (χ1v) is 5.41. The van der Waals surface area contributed by atoms with Crippen LogP contribution in [0.3, 0.4) is 0 Å². The average molecular weight is 228 g/mol. The van der Waals surface area contributed by atoms with Crippen molar-refractivity contribution in [3.05, 3.63) is 59.4 Å². The van der Waals surface area contributed by atoms with Gasteiger partial charge in [0, 0.05) is 17.4 Å². The van der Waals surface area contributed by atoms with E-state index in [4.69, 9.17) is 18.0 Å². The number of thiocarbonyl (C=S) groups is 1. The molecule has 2 rings (SSSR count). The quantitative estimate of drug-likeness (QED) is 0.488. The standard InChI is InChI=1S/C13H12N2S/c1-9-5-6-11(14)10(8-9)13(16)12-4-2-3-7-15-12/h2-8H,14H2,1H3. The number of rotatable bonds is 2. The zero-order valence-corrected chi connectivity index (χ0v) is 9.79. The lowest BCUT2D eigenvalue weighted by Crippen LogP contribution is -2.06. The van der Waals surface area contributed by atoms with E-state index in [1.807, 2.05) is 43.3 Å². The number of nitrogens with two attached hydrogens (primary N) is 1. The molecule has 0 saturated carbocycles. The minimum atomic E-state index is 0.696. The number of anilines is 1. The van der Waals surface area contributed by atoms with E-state index in [1.54, 1.807) is 6.20 Å². The Morgan fingerprint density at radius 2 is 2.06 bits per heavy atom. The number of benzene rings is 1. The lowest BCUT2D eigenvalue weighted by molar-refractivity contribution is 1.30. The number of nitrogens with zero attached hydrogens (tertiary/aromatic N) is 1. The van der Waals surface area contributed by atoms with Crippen molar-refractivity contribution in [2.75, 3.05) is 5.73 Å². The van der Waals surface area contributed by atoms with Gasteiger partial charge >= 0.3 is 0 Å². The van der Waals surface area contributed by atoms with Crippen LogP contribution in [0.5, 0.6) is 0 Å². The molecule has 2 N–H and O–H groups in total. The molecule has 16 heavy (non-hydrogen) atoms. The molecule has 0 radical (unpaired) electrons. The molecule has 0 spiro atoms. The van der Waals surface area contributed by atoms with Gasteiger partial charge in [0.1, 0.15) is 0 Å². The van der Waals surface area contributed by atoms with E-state index < -0.39 is 0 Å². The molecule has 1 heterocycles. The van der Waals surface area contributed by atoms with Crippen LogP contribution in [0.15, 0.2) is 42.6 Å². The van der Waals surface area contributed by atoms with Crippen molar-refractivity contribution in [1.29, 1.82) is 0 Å². The second kappa shape index (κ2) is 4.41. The summed E-state index contributed by atoms with van der Waals surface area (Å²) >= 11 is 5.39. The largest absolute Gasteiger partial charge is 0.398 e. The zero-order chi connectivity index (χ0) is 11.5. The van der Waals surface area contributed by atoms with Crippen LogP contribution in [0.2, 0.25) is 0 Å². The molecule has 0 atom stereocenters. The maximum absolute atomic E-state index is 5.91. The van der Waals surface area contributed by atoms with Crippen LogP contribution >= 0.6 is 12.2 Å². The SMILES string of the molecule is Cc1ccc(N)c(C(=S)c2ccccn2)c1. The molecule has 2 aromatic rings. The smallest absolute Gasteiger partial charge is 0.0817 e. The highest BCUT2D eigenvalue weighted by Crippen LogP contribution is 2.18. The van der Waals surface area contributed by atoms with Crippen molar-refractivity contribution in [2.24, 2.45) is 0 Å². The van der Waals surface area contributed by atoms with Gasteiger partial charge in [0.2, 0.25) is 0 Å². The fourth-order valence-corrected chi connectivity index (χ4v) is 1.80. The first-order chi connectivity index (χ1) is 7.68. The van der Waals surface area contributed by atoms with Gasteiger partial charge in [-0.05, 0) is 31.2 Å². The lowest BCUT2D eigenvalue weighted by atomic mass is 10.0. The van der Waals surface area contributed by atoms with E-state index in [-0.39, 0.29) is 0 Å². The van der Waals surface area contributed by atoms with Crippen LogP contribution in [0.1, 0.15) is 16.8 Å². The second-order valence-corrected chi connectivity index (χ2v) is 4.04. The normalized spacial score (nSPS) is 10.1. The van der Waals surface area contributed by atoms with E-state index in [9.17, 15) is 0 Å². The Labute approximate surface area is 100 Å². The molecule has 80 valence electrons. The number of aromatic nitrogens is 1. The Balaban J connectivity index is 2.46. The molecule has 0 aliphatic heterocycles. The van der Waals surface area contributed by atoms with Crippen LogP contribution in [0, 0.1) is 6.92 Å². The van der Waals surface area contributed by atoms with Crippen molar-refractivity contribution in [3.63, 3.8) is 0 Å². The van der Waals surface area contributed by atoms with E-state index in [0.29, 0.717) is 10.6 Å². The number of nitrogen functional groups attached to an aromatic ring is 1. The van der Waals surface area contributed by atoms with Gasteiger partial charge in [0.25, 0.3) is 0 Å². The maximum Gasteiger partial charge on any atom is 0.0817 e. The van der Waals surface area contributed by atoms with E-state index in [2.05, 4.69) is 4.98 Å². The van der Waals surface area contributed by atoms with Crippen LogP contribution in [0.4, 0.5) is 5.69 Å². The van der Waals surface area contributed by atoms with Crippen LogP contribution in [-0.4, -0.2) is 9.85 Å². The predicted octanol–water partition coefficient (Wildman–Crippen LogP) is 2.74. The van der Waals surface area contributed by atoms with Crippen LogP contribution in [-0.2, 0) is 0 Å². The highest BCUT2D eigenvalue weighted by molar-refractivity contribution is 7.81. The van der Waals surface area contributed by atoms with Gasteiger partial charge in [-0.25, -0.2) is 0 Å². The Hall–Kier alpha value is -1.74. The fourth-order valence-electron chi connectivity index (χ4n) is 1.50. The average Bonchev–Trinajstić information content (AvgIpc) is 2.32. The molecule has 1 aromatic heterocycles. The number of hydrogen-bond acceptors (Lipinski definition) is 3. The van der Waals surface area contributed by atoms with E-state index in [1.165, 1.54) is 0 Å². The molecule has 1 aromatic carbocycles. The van der Waals surface area contributed by atoms with Crippen molar-refractivity contribution >= 4 is 22.8 Å². The first-order valence-electron chi connectivity index (χ1n) is 5.00. The lowest BCUT2D eigenvalue weighted by Gasteiger charge is -2.07. The fraction of sp³-hybridized carbons (Fsp3) is 0.0769. The minimum absolute atomic E-state index is 0.696. The molecule has 0 fully saturated rings. The van der Waals surface area contributed by atoms with E-state index in [0.717, 1.165) is 16.8 Å². The van der Waals surface area contributed by atoms with Gasteiger partial charge in [-0.2, -0.15) is 0 Å². The van der Waals surface area contributed by atoms with Crippen molar-refractivity contribution in [1.82, 2.24) is 4.98 Å². The predicted molar refractivity (Wildman–Crippen MR) is 70.6 cm³/mol. The Morgan fingerprint density at radius 3 is 2.75 bits per heavy atom. The number of aryl methyl sites for hydroxylation is 1. The summed E-state index contributed by atoms with van der Waals surface area (Å²) in [4.78, 5) is 4.93. The molecule has 0 amide bonds. The highest BCUT2D eigenvalue weighted by atomic mass is 32.1. The van der Waals surface area contributed by atoms with Gasteiger partial charge < -0.3 is 5.73 Å². The Bertz CT molecular complexity index is 521. The number of pyridine rings is 1. The summed E-state index contributed by atoms with van der Waals surface area (Å²) in [5.41, 5.74) is 9.42. The Kier molecular flexibility index (Phi) is 2.97. The van der Waals surface area contributed by atoms with Crippen LogP contribution in [0.25, 0.3) is 0 Å². The summed E-state index contributed by atoms with van der Waals surface area (Å²) in [5, 5.41) is 0. The molecule has 0 saturated heterocycles. The summed E-state index contributed by atoms with van der Waals surface area (Å²) in [6.45, 7) is 2.02. The third-order valence-corrected chi connectivity index (χ3v) is 2.78. The molecular formula is C13H12N2S. The number of hydrogen-bond donors (Lipinski definition) is 1. The van der Waals surface area contributed by atoms with Crippen molar-refractivity contribution in [3.8, 4) is 0 Å². The van der Waals surface area contributed by atoms with Crippen molar-refractivity contribution in [2.45, 2.75) is 6.92 Å². The summed E-state index contributed by atoms with van der Waals surface area (Å²) in [7, 11) is 0. The van der Waals surface area contributed by atoms with E-state index >= 15 is 0 Å². The molecule has 2 nitrogen and oxygen atoms in total. The zero-order valence-electron chi connectivity index (χ0n) is 8.97. The van der Waals surface area contributed by atoms with Gasteiger partial charge in [0.05, 0.1) is 10.6 Å². The monoisotopic (exact) mass is 228 g/mol. The maximum atomic E-state index is 5.91. The van der Waals surface area contributed by atoms with Crippen LogP contribution < -0.4 is 5.73 Å². The highest BCUT2D eigenvalue weighted by Gasteiger charge is 2.08.